The van der Waals surface area contributed by atoms with Gasteiger partial charge in [-0.05, 0) is 0 Å². The molecular formula is C8H8Cl2O2Se. The summed E-state index contributed by atoms with van der Waals surface area (Å²) in [4.78, 5) is 11.1. The average molecular weight is 286 g/mol. The summed E-state index contributed by atoms with van der Waals surface area (Å²) >= 11 is 11.4. The van der Waals surface area contributed by atoms with Gasteiger partial charge in [-0.1, -0.05) is 0 Å². The minimum absolute atomic E-state index is 0.000926. The Morgan fingerprint density at radius 3 is 2.62 bits per heavy atom. The second kappa shape index (κ2) is 5.06. The van der Waals surface area contributed by atoms with E-state index in [1.807, 2.05) is 0 Å². The molecular weight excluding hydrogens is 278 g/mol. The Balaban J connectivity index is 2.99. The van der Waals surface area contributed by atoms with E-state index >= 15 is 0 Å². The molecule has 0 spiro atoms. The van der Waals surface area contributed by atoms with Crippen LogP contribution in [-0.2, 0) is 16.5 Å². The van der Waals surface area contributed by atoms with Crippen LogP contribution in [0.25, 0.3) is 0 Å². The molecule has 0 aromatic carbocycles. The second-order valence-electron chi connectivity index (χ2n) is 2.32. The van der Waals surface area contributed by atoms with Gasteiger partial charge in [-0.15, -0.1) is 0 Å². The predicted molar refractivity (Wildman–Crippen MR) is 53.8 cm³/mol. The molecule has 0 aliphatic carbocycles. The number of alkyl halides is 2. The summed E-state index contributed by atoms with van der Waals surface area (Å²) in [5, 5.41) is 0. The summed E-state index contributed by atoms with van der Waals surface area (Å²) < 4.78 is 6.38. The van der Waals surface area contributed by atoms with Crippen LogP contribution in [0.5, 0.6) is 0 Å². The summed E-state index contributed by atoms with van der Waals surface area (Å²) in [5.74, 6) is 0.575. The molecule has 0 saturated carbocycles. The average Bonchev–Trinajstić information content (AvgIpc) is 2.59. The number of carbonyl (C=O) groups is 1. The van der Waals surface area contributed by atoms with Gasteiger partial charge in [0.15, 0.2) is 0 Å². The van der Waals surface area contributed by atoms with Crippen molar-refractivity contribution in [1.29, 1.82) is 0 Å². The van der Waals surface area contributed by atoms with E-state index in [0.29, 0.717) is 16.2 Å². The maximum atomic E-state index is 11.1. The van der Waals surface area contributed by atoms with Gasteiger partial charge < -0.3 is 0 Å². The molecule has 0 fully saturated rings. The van der Waals surface area contributed by atoms with Gasteiger partial charge in [0.1, 0.15) is 0 Å². The van der Waals surface area contributed by atoms with E-state index in [4.69, 9.17) is 23.2 Å². The summed E-state index contributed by atoms with van der Waals surface area (Å²) in [7, 11) is 1.37. The van der Waals surface area contributed by atoms with Gasteiger partial charge in [-0.2, -0.15) is 0 Å². The molecule has 5 heteroatoms. The van der Waals surface area contributed by atoms with Gasteiger partial charge in [0.05, 0.1) is 0 Å². The van der Waals surface area contributed by atoms with Gasteiger partial charge in [0.25, 0.3) is 0 Å². The van der Waals surface area contributed by atoms with E-state index in [1.54, 1.807) is 6.07 Å². The van der Waals surface area contributed by atoms with E-state index in [0.717, 1.165) is 10.0 Å². The number of hydrogen-bond donors (Lipinski definition) is 0. The number of halogens is 2. The molecule has 0 aliphatic heterocycles. The molecule has 0 saturated heterocycles. The number of rotatable bonds is 3. The molecule has 0 atom stereocenters. The third-order valence-corrected chi connectivity index (χ3v) is 4.89. The molecule has 2 nitrogen and oxygen atoms in total. The first-order chi connectivity index (χ1) is 6.22. The molecule has 1 aromatic heterocycles. The molecule has 0 N–H and O–H groups in total. The number of carbonyl (C=O) groups excluding carboxylic acids is 1. The van der Waals surface area contributed by atoms with Crippen molar-refractivity contribution in [2.24, 2.45) is 0 Å². The molecule has 1 aromatic rings. The zero-order valence-electron chi connectivity index (χ0n) is 6.97. The SMILES string of the molecule is COC(=O)c1cc(CCl)c(CCl)[se]1. The van der Waals surface area contributed by atoms with Crippen LogP contribution in [0.15, 0.2) is 6.07 Å². The van der Waals surface area contributed by atoms with Gasteiger partial charge in [0, 0.05) is 0 Å². The van der Waals surface area contributed by atoms with Gasteiger partial charge in [-0.25, -0.2) is 0 Å². The molecule has 0 radical (unpaired) electrons. The summed E-state index contributed by atoms with van der Waals surface area (Å²) in [6, 6.07) is 1.79. The normalized spacial score (nSPS) is 10.1. The van der Waals surface area contributed by atoms with Gasteiger partial charge in [0.2, 0.25) is 0 Å². The van der Waals surface area contributed by atoms with E-state index in [-0.39, 0.29) is 20.5 Å². The topological polar surface area (TPSA) is 26.3 Å². The van der Waals surface area contributed by atoms with Crippen molar-refractivity contribution in [3.05, 3.63) is 20.5 Å². The fourth-order valence-electron chi connectivity index (χ4n) is 0.894. The minimum atomic E-state index is -0.275. The molecule has 0 bridgehead atoms. The van der Waals surface area contributed by atoms with E-state index in [1.165, 1.54) is 7.11 Å². The first kappa shape index (κ1) is 11.1. The second-order valence-corrected chi connectivity index (χ2v) is 5.24. The molecule has 72 valence electrons. The van der Waals surface area contributed by atoms with Crippen LogP contribution in [0.4, 0.5) is 0 Å². The molecule has 1 rings (SSSR count). The van der Waals surface area contributed by atoms with Crippen LogP contribution in [0, 0.1) is 0 Å². The Bertz CT molecular complexity index is 288. The first-order valence-electron chi connectivity index (χ1n) is 3.54. The number of methoxy groups -OCH3 is 1. The zero-order chi connectivity index (χ0) is 9.84. The zero-order valence-corrected chi connectivity index (χ0v) is 10.2. The molecule has 0 aliphatic rings. The number of ether oxygens (including phenoxy) is 1. The van der Waals surface area contributed by atoms with Crippen LogP contribution >= 0.6 is 23.2 Å². The monoisotopic (exact) mass is 286 g/mol. The van der Waals surface area contributed by atoms with Crippen LogP contribution in [0.2, 0.25) is 0 Å². The van der Waals surface area contributed by atoms with Crippen molar-refractivity contribution in [3.63, 3.8) is 0 Å². The number of hydrogen-bond acceptors (Lipinski definition) is 2. The van der Waals surface area contributed by atoms with Crippen molar-refractivity contribution in [2.45, 2.75) is 11.8 Å². The Morgan fingerprint density at radius 2 is 2.23 bits per heavy atom. The Morgan fingerprint density at radius 1 is 1.54 bits per heavy atom. The van der Waals surface area contributed by atoms with Crippen molar-refractivity contribution in [3.8, 4) is 0 Å². The maximum absolute atomic E-state index is 11.1. The third kappa shape index (κ3) is 2.50. The Kier molecular flexibility index (Phi) is 4.33. The fourth-order valence-corrected chi connectivity index (χ4v) is 3.76. The van der Waals surface area contributed by atoms with Crippen molar-refractivity contribution in [2.75, 3.05) is 7.11 Å². The quantitative estimate of drug-likeness (QED) is 0.482. The van der Waals surface area contributed by atoms with Crippen molar-refractivity contribution in [1.82, 2.24) is 0 Å². The van der Waals surface area contributed by atoms with Gasteiger partial charge in [-0.3, -0.25) is 0 Å². The Hall–Kier alpha value is 0.0495. The van der Waals surface area contributed by atoms with Crippen LogP contribution in [0.3, 0.4) is 0 Å². The van der Waals surface area contributed by atoms with E-state index < -0.39 is 0 Å². The standard InChI is InChI=1S/C8H8Cl2O2Se/c1-12-8(11)6-2-5(3-9)7(4-10)13-6/h2H,3-4H2,1H3. The van der Waals surface area contributed by atoms with E-state index in [9.17, 15) is 4.79 Å². The molecule has 1 heterocycles. The number of esters is 1. The predicted octanol–water partition coefficient (Wildman–Crippen LogP) is 2.01. The van der Waals surface area contributed by atoms with Crippen LogP contribution < -0.4 is 0 Å². The first-order valence-corrected chi connectivity index (χ1v) is 6.33. The molecule has 13 heavy (non-hydrogen) atoms. The summed E-state index contributed by atoms with van der Waals surface area (Å²) in [6.45, 7) is 0. The van der Waals surface area contributed by atoms with Gasteiger partial charge >= 0.3 is 92.6 Å². The summed E-state index contributed by atoms with van der Waals surface area (Å²) in [5.41, 5.74) is 0.970. The van der Waals surface area contributed by atoms with Crippen molar-refractivity contribution >= 4 is 43.7 Å². The third-order valence-electron chi connectivity index (χ3n) is 1.55. The van der Waals surface area contributed by atoms with Crippen LogP contribution in [0.1, 0.15) is 19.2 Å². The Labute approximate surface area is 92.5 Å². The summed E-state index contributed by atoms with van der Waals surface area (Å²) in [6.07, 6.45) is 0. The molecule has 0 amide bonds. The molecule has 0 unspecified atom stereocenters. The fraction of sp³-hybridized carbons (Fsp3) is 0.375. The van der Waals surface area contributed by atoms with Crippen molar-refractivity contribution < 1.29 is 9.53 Å². The van der Waals surface area contributed by atoms with Crippen LogP contribution in [-0.4, -0.2) is 27.6 Å². The van der Waals surface area contributed by atoms with E-state index in [2.05, 4.69) is 4.74 Å².